The van der Waals surface area contributed by atoms with Gasteiger partial charge in [-0.2, -0.15) is 5.26 Å². The first-order valence-electron chi connectivity index (χ1n) is 4.65. The van der Waals surface area contributed by atoms with Crippen LogP contribution in [0.2, 0.25) is 0 Å². The fraction of sp³-hybridized carbons (Fsp3) is 0.167. The van der Waals surface area contributed by atoms with Crippen LogP contribution in [0.5, 0.6) is 5.75 Å². The molecular formula is C12H11NO3. The molecule has 0 amide bonds. The zero-order valence-corrected chi connectivity index (χ0v) is 8.80. The van der Waals surface area contributed by atoms with E-state index >= 15 is 0 Å². The van der Waals surface area contributed by atoms with Gasteiger partial charge in [-0.05, 0) is 36.8 Å². The number of carbonyl (C=O) groups is 1. The third kappa shape index (κ3) is 3.84. The summed E-state index contributed by atoms with van der Waals surface area (Å²) >= 11 is 0. The molecule has 1 rings (SSSR count). The van der Waals surface area contributed by atoms with E-state index in [-0.39, 0.29) is 6.61 Å². The van der Waals surface area contributed by atoms with Gasteiger partial charge in [-0.3, -0.25) is 0 Å². The summed E-state index contributed by atoms with van der Waals surface area (Å²) in [5.41, 5.74) is 1.18. The van der Waals surface area contributed by atoms with E-state index in [1.807, 2.05) is 6.07 Å². The largest absolute Gasteiger partial charge is 0.489 e. The van der Waals surface area contributed by atoms with E-state index in [2.05, 4.69) is 0 Å². The van der Waals surface area contributed by atoms with Crippen molar-refractivity contribution >= 4 is 5.97 Å². The summed E-state index contributed by atoms with van der Waals surface area (Å²) in [6, 6.07) is 8.64. The molecule has 0 atom stereocenters. The molecule has 0 saturated heterocycles. The third-order valence-corrected chi connectivity index (χ3v) is 1.82. The van der Waals surface area contributed by atoms with Crippen LogP contribution in [0.15, 0.2) is 35.9 Å². The van der Waals surface area contributed by atoms with Crippen molar-refractivity contribution in [3.8, 4) is 11.8 Å². The van der Waals surface area contributed by atoms with E-state index in [1.165, 1.54) is 0 Å². The Balaban J connectivity index is 2.55. The standard InChI is InChI=1S/C12H11NO3/c1-9(6-12(14)15)8-16-11-4-2-10(7-13)3-5-11/h2-6H,8H2,1H3,(H,14,15). The van der Waals surface area contributed by atoms with Crippen LogP contribution in [-0.4, -0.2) is 17.7 Å². The second-order valence-electron chi connectivity index (χ2n) is 3.25. The zero-order valence-electron chi connectivity index (χ0n) is 8.80. The number of nitrogens with zero attached hydrogens (tertiary/aromatic N) is 1. The van der Waals surface area contributed by atoms with Crippen molar-refractivity contribution in [2.45, 2.75) is 6.92 Å². The lowest BCUT2D eigenvalue weighted by Gasteiger charge is -2.05. The lowest BCUT2D eigenvalue weighted by Crippen LogP contribution is -2.01. The highest BCUT2D eigenvalue weighted by atomic mass is 16.5. The topological polar surface area (TPSA) is 70.3 Å². The normalized spacial score (nSPS) is 10.6. The average Bonchev–Trinajstić information content (AvgIpc) is 2.26. The van der Waals surface area contributed by atoms with Crippen molar-refractivity contribution in [1.82, 2.24) is 0 Å². The number of hydrogen-bond acceptors (Lipinski definition) is 3. The number of rotatable bonds is 4. The molecule has 0 radical (unpaired) electrons. The van der Waals surface area contributed by atoms with E-state index in [1.54, 1.807) is 31.2 Å². The van der Waals surface area contributed by atoms with Crippen LogP contribution in [0.1, 0.15) is 12.5 Å². The number of hydrogen-bond donors (Lipinski definition) is 1. The molecule has 1 N–H and O–H groups in total. The Kier molecular flexibility index (Phi) is 4.10. The maximum absolute atomic E-state index is 10.3. The van der Waals surface area contributed by atoms with Crippen LogP contribution in [-0.2, 0) is 4.79 Å². The molecule has 82 valence electrons. The highest BCUT2D eigenvalue weighted by molar-refractivity contribution is 5.80. The van der Waals surface area contributed by atoms with Gasteiger partial charge in [0.05, 0.1) is 11.6 Å². The van der Waals surface area contributed by atoms with Gasteiger partial charge in [0.1, 0.15) is 12.4 Å². The second-order valence-corrected chi connectivity index (χ2v) is 3.25. The second kappa shape index (κ2) is 5.56. The third-order valence-electron chi connectivity index (χ3n) is 1.82. The van der Waals surface area contributed by atoms with E-state index in [4.69, 9.17) is 15.1 Å². The Morgan fingerprint density at radius 2 is 2.12 bits per heavy atom. The number of ether oxygens (including phenoxy) is 1. The maximum Gasteiger partial charge on any atom is 0.328 e. The maximum atomic E-state index is 10.3. The van der Waals surface area contributed by atoms with Gasteiger partial charge in [0.25, 0.3) is 0 Å². The minimum Gasteiger partial charge on any atom is -0.489 e. The summed E-state index contributed by atoms with van der Waals surface area (Å²) in [7, 11) is 0. The van der Waals surface area contributed by atoms with Crippen molar-refractivity contribution in [3.05, 3.63) is 41.5 Å². The lowest BCUT2D eigenvalue weighted by molar-refractivity contribution is -0.131. The summed E-state index contributed by atoms with van der Waals surface area (Å²) in [5.74, 6) is -0.377. The van der Waals surface area contributed by atoms with E-state index in [0.717, 1.165) is 6.08 Å². The highest BCUT2D eigenvalue weighted by Gasteiger charge is 1.97. The Bertz CT molecular complexity index is 440. The number of aliphatic carboxylic acids is 1. The minimum atomic E-state index is -0.985. The molecule has 0 heterocycles. The van der Waals surface area contributed by atoms with Crippen molar-refractivity contribution in [2.75, 3.05) is 6.61 Å². The van der Waals surface area contributed by atoms with Gasteiger partial charge in [-0.1, -0.05) is 0 Å². The average molecular weight is 217 g/mol. The molecule has 0 fully saturated rings. The smallest absolute Gasteiger partial charge is 0.328 e. The monoisotopic (exact) mass is 217 g/mol. The Hall–Kier alpha value is -2.28. The van der Waals surface area contributed by atoms with Gasteiger partial charge in [0, 0.05) is 6.08 Å². The molecule has 0 saturated carbocycles. The molecule has 1 aromatic rings. The summed E-state index contributed by atoms with van der Waals surface area (Å²) in [6.07, 6.45) is 1.10. The van der Waals surface area contributed by atoms with E-state index in [0.29, 0.717) is 16.9 Å². The van der Waals surface area contributed by atoms with Crippen molar-refractivity contribution < 1.29 is 14.6 Å². The molecule has 0 aromatic heterocycles. The van der Waals surface area contributed by atoms with Crippen LogP contribution in [0.25, 0.3) is 0 Å². The van der Waals surface area contributed by atoms with Crippen LogP contribution < -0.4 is 4.74 Å². The summed E-state index contributed by atoms with van der Waals surface area (Å²) < 4.78 is 5.33. The number of nitriles is 1. The molecule has 1 aromatic carbocycles. The SMILES string of the molecule is CC(=CC(=O)O)COc1ccc(C#N)cc1. The van der Waals surface area contributed by atoms with Gasteiger partial charge in [0.2, 0.25) is 0 Å². The first kappa shape index (κ1) is 11.8. The molecule has 4 nitrogen and oxygen atoms in total. The fourth-order valence-corrected chi connectivity index (χ4v) is 1.08. The van der Waals surface area contributed by atoms with Crippen LogP contribution in [0.3, 0.4) is 0 Å². The Morgan fingerprint density at radius 1 is 1.50 bits per heavy atom. The van der Waals surface area contributed by atoms with Crippen LogP contribution in [0.4, 0.5) is 0 Å². The quantitative estimate of drug-likeness (QED) is 0.782. The fourth-order valence-electron chi connectivity index (χ4n) is 1.08. The predicted molar refractivity (Wildman–Crippen MR) is 58.0 cm³/mol. The molecule has 0 aliphatic heterocycles. The van der Waals surface area contributed by atoms with E-state index < -0.39 is 5.97 Å². The molecule has 0 spiro atoms. The first-order valence-corrected chi connectivity index (χ1v) is 4.65. The molecule has 16 heavy (non-hydrogen) atoms. The first-order chi connectivity index (χ1) is 7.61. The van der Waals surface area contributed by atoms with Crippen LogP contribution >= 0.6 is 0 Å². The summed E-state index contributed by atoms with van der Waals surface area (Å²) in [6.45, 7) is 1.90. The highest BCUT2D eigenvalue weighted by Crippen LogP contribution is 2.12. The molecule has 0 aliphatic rings. The summed E-state index contributed by atoms with van der Waals surface area (Å²) in [4.78, 5) is 10.3. The van der Waals surface area contributed by atoms with Gasteiger partial charge in [-0.15, -0.1) is 0 Å². The Labute approximate surface area is 93.4 Å². The van der Waals surface area contributed by atoms with E-state index in [9.17, 15) is 4.79 Å². The lowest BCUT2D eigenvalue weighted by atomic mass is 10.2. The number of benzene rings is 1. The molecular weight excluding hydrogens is 206 g/mol. The van der Waals surface area contributed by atoms with Gasteiger partial charge < -0.3 is 9.84 Å². The van der Waals surface area contributed by atoms with Crippen LogP contribution in [0, 0.1) is 11.3 Å². The van der Waals surface area contributed by atoms with Gasteiger partial charge in [-0.25, -0.2) is 4.79 Å². The molecule has 0 unspecified atom stereocenters. The molecule has 0 bridgehead atoms. The number of carboxylic acids is 1. The van der Waals surface area contributed by atoms with Gasteiger partial charge in [0.15, 0.2) is 0 Å². The minimum absolute atomic E-state index is 0.220. The summed E-state index contributed by atoms with van der Waals surface area (Å²) in [5, 5.41) is 17.1. The Morgan fingerprint density at radius 3 is 2.62 bits per heavy atom. The van der Waals surface area contributed by atoms with Gasteiger partial charge >= 0.3 is 5.97 Å². The zero-order chi connectivity index (χ0) is 12.0. The predicted octanol–water partition coefficient (Wildman–Crippen LogP) is 1.97. The molecule has 0 aliphatic carbocycles. The molecule has 4 heteroatoms. The van der Waals surface area contributed by atoms with Crippen molar-refractivity contribution in [3.63, 3.8) is 0 Å². The van der Waals surface area contributed by atoms with Crippen molar-refractivity contribution in [1.29, 1.82) is 5.26 Å². The van der Waals surface area contributed by atoms with Crippen molar-refractivity contribution in [2.24, 2.45) is 0 Å². The number of carboxylic acid groups (broad SMARTS) is 1.